The van der Waals surface area contributed by atoms with Gasteiger partial charge in [0.05, 0.1) is 0 Å². The number of hydrogen-bond donors (Lipinski definition) is 0. The third kappa shape index (κ3) is 2.43. The second kappa shape index (κ2) is 4.24. The summed E-state index contributed by atoms with van der Waals surface area (Å²) in [7, 11) is 0. The molecule has 68 valence electrons. The Morgan fingerprint density at radius 2 is 2.31 bits per heavy atom. The van der Waals surface area contributed by atoms with Crippen LogP contribution in [0.3, 0.4) is 0 Å². The molecule has 0 radical (unpaired) electrons. The number of benzene rings is 1. The van der Waals surface area contributed by atoms with Crippen LogP contribution in [0.5, 0.6) is 5.75 Å². The molecule has 0 saturated heterocycles. The van der Waals surface area contributed by atoms with Gasteiger partial charge in [-0.05, 0) is 24.6 Å². The fourth-order valence-corrected chi connectivity index (χ4v) is 1.17. The number of hydrogen-bond acceptors (Lipinski definition) is 2. The van der Waals surface area contributed by atoms with Crippen LogP contribution in [0, 0.1) is 24.1 Å². The second-order valence-corrected chi connectivity index (χ2v) is 3.33. The normalized spacial score (nSPS) is 9.38. The molecule has 0 heterocycles. The lowest BCUT2D eigenvalue weighted by Crippen LogP contribution is -1.96. The van der Waals surface area contributed by atoms with E-state index in [4.69, 9.17) is 10.00 Å². The minimum absolute atomic E-state index is 0.113. The fourth-order valence-electron chi connectivity index (χ4n) is 0.851. The Hall–Kier alpha value is -1.08. The Balaban J connectivity index is 2.96. The van der Waals surface area contributed by atoms with Gasteiger partial charge in [0, 0.05) is 4.47 Å². The first kappa shape index (κ1) is 10.0. The van der Waals surface area contributed by atoms with Gasteiger partial charge in [-0.3, -0.25) is 0 Å². The average molecular weight is 244 g/mol. The van der Waals surface area contributed by atoms with Crippen molar-refractivity contribution in [2.45, 2.75) is 6.92 Å². The highest BCUT2D eigenvalue weighted by Gasteiger charge is 2.06. The molecule has 1 aromatic carbocycles. The minimum atomic E-state index is -0.465. The van der Waals surface area contributed by atoms with E-state index in [1.165, 1.54) is 6.07 Å². The smallest absolute Gasteiger partial charge is 0.174 e. The maximum Gasteiger partial charge on any atom is 0.174 e. The van der Waals surface area contributed by atoms with Gasteiger partial charge < -0.3 is 4.74 Å². The lowest BCUT2D eigenvalue weighted by molar-refractivity contribution is 0.346. The predicted octanol–water partition coefficient (Wildman–Crippen LogP) is 2.80. The first-order chi connectivity index (χ1) is 6.15. The third-order valence-electron chi connectivity index (χ3n) is 1.51. The van der Waals surface area contributed by atoms with Crippen molar-refractivity contribution in [2.75, 3.05) is 6.61 Å². The van der Waals surface area contributed by atoms with Gasteiger partial charge in [-0.25, -0.2) is 4.39 Å². The van der Waals surface area contributed by atoms with Crippen molar-refractivity contribution in [3.63, 3.8) is 0 Å². The van der Waals surface area contributed by atoms with Gasteiger partial charge in [0.25, 0.3) is 0 Å². The van der Waals surface area contributed by atoms with Crippen molar-refractivity contribution in [1.82, 2.24) is 0 Å². The van der Waals surface area contributed by atoms with E-state index in [0.29, 0.717) is 4.47 Å². The van der Waals surface area contributed by atoms with Gasteiger partial charge in [0.15, 0.2) is 18.2 Å². The van der Waals surface area contributed by atoms with Crippen LogP contribution < -0.4 is 4.74 Å². The van der Waals surface area contributed by atoms with Crippen molar-refractivity contribution in [3.05, 3.63) is 28.0 Å². The van der Waals surface area contributed by atoms with Crippen molar-refractivity contribution in [2.24, 2.45) is 0 Å². The summed E-state index contributed by atoms with van der Waals surface area (Å²) < 4.78 is 18.6. The summed E-state index contributed by atoms with van der Waals surface area (Å²) >= 11 is 3.19. The summed E-state index contributed by atoms with van der Waals surface area (Å²) in [5, 5.41) is 8.24. The summed E-state index contributed by atoms with van der Waals surface area (Å²) in [4.78, 5) is 0. The van der Waals surface area contributed by atoms with Crippen LogP contribution in [0.15, 0.2) is 16.6 Å². The molecule has 13 heavy (non-hydrogen) atoms. The summed E-state index contributed by atoms with van der Waals surface area (Å²) in [6.45, 7) is 1.68. The monoisotopic (exact) mass is 243 g/mol. The van der Waals surface area contributed by atoms with Gasteiger partial charge >= 0.3 is 0 Å². The quantitative estimate of drug-likeness (QED) is 0.801. The SMILES string of the molecule is Cc1cc(OCC#N)c(F)cc1Br. The predicted molar refractivity (Wildman–Crippen MR) is 49.9 cm³/mol. The van der Waals surface area contributed by atoms with Gasteiger partial charge in [-0.2, -0.15) is 5.26 Å². The molecule has 1 aromatic rings. The molecular weight excluding hydrogens is 237 g/mol. The van der Waals surface area contributed by atoms with Crippen molar-refractivity contribution in [1.29, 1.82) is 5.26 Å². The second-order valence-electron chi connectivity index (χ2n) is 2.48. The molecule has 0 unspecified atom stereocenters. The zero-order chi connectivity index (χ0) is 9.84. The Morgan fingerprint density at radius 1 is 1.62 bits per heavy atom. The average Bonchev–Trinajstić information content (AvgIpc) is 2.09. The van der Waals surface area contributed by atoms with Crippen LogP contribution in [-0.2, 0) is 0 Å². The summed E-state index contributed by atoms with van der Waals surface area (Å²) in [6, 6.07) is 4.65. The van der Waals surface area contributed by atoms with Crippen molar-refractivity contribution in [3.8, 4) is 11.8 Å². The van der Waals surface area contributed by atoms with E-state index in [0.717, 1.165) is 5.56 Å². The maximum atomic E-state index is 13.1. The summed E-state index contributed by atoms with van der Waals surface area (Å²) in [6.07, 6.45) is 0. The molecule has 2 nitrogen and oxygen atoms in total. The standard InChI is InChI=1S/C9H7BrFNO/c1-6-4-9(13-3-2-12)8(11)5-7(6)10/h4-5H,3H2,1H3. The molecule has 0 N–H and O–H groups in total. The molecule has 0 aromatic heterocycles. The van der Waals surface area contributed by atoms with Crippen LogP contribution in [-0.4, -0.2) is 6.61 Å². The molecule has 0 spiro atoms. The minimum Gasteiger partial charge on any atom is -0.476 e. The molecule has 0 aliphatic heterocycles. The molecule has 0 amide bonds. The van der Waals surface area contributed by atoms with Crippen molar-refractivity contribution >= 4 is 15.9 Å². The zero-order valence-electron chi connectivity index (χ0n) is 6.97. The van der Waals surface area contributed by atoms with Crippen LogP contribution in [0.2, 0.25) is 0 Å². The van der Waals surface area contributed by atoms with E-state index >= 15 is 0 Å². The Labute approximate surface area is 84.1 Å². The number of halogens is 2. The van der Waals surface area contributed by atoms with Crippen LogP contribution >= 0.6 is 15.9 Å². The largest absolute Gasteiger partial charge is 0.476 e. The molecular formula is C9H7BrFNO. The number of nitriles is 1. The summed E-state index contributed by atoms with van der Waals surface area (Å²) in [5.74, 6) is -0.352. The number of aryl methyl sites for hydroxylation is 1. The molecule has 0 bridgehead atoms. The number of rotatable bonds is 2. The first-order valence-corrected chi connectivity index (χ1v) is 4.40. The first-order valence-electron chi connectivity index (χ1n) is 3.60. The molecule has 0 aliphatic carbocycles. The maximum absolute atomic E-state index is 13.1. The highest BCUT2D eigenvalue weighted by Crippen LogP contribution is 2.25. The molecule has 0 atom stereocenters. The van der Waals surface area contributed by atoms with Gasteiger partial charge in [0.2, 0.25) is 0 Å². The molecule has 1 rings (SSSR count). The highest BCUT2D eigenvalue weighted by molar-refractivity contribution is 9.10. The topological polar surface area (TPSA) is 33.0 Å². The zero-order valence-corrected chi connectivity index (χ0v) is 8.56. The number of nitrogens with zero attached hydrogens (tertiary/aromatic N) is 1. The van der Waals surface area contributed by atoms with Crippen LogP contribution in [0.25, 0.3) is 0 Å². The molecule has 4 heteroatoms. The van der Waals surface area contributed by atoms with E-state index in [2.05, 4.69) is 15.9 Å². The lowest BCUT2D eigenvalue weighted by atomic mass is 10.2. The van der Waals surface area contributed by atoms with E-state index in [1.54, 1.807) is 12.1 Å². The summed E-state index contributed by atoms with van der Waals surface area (Å²) in [5.41, 5.74) is 0.870. The Morgan fingerprint density at radius 3 is 2.92 bits per heavy atom. The van der Waals surface area contributed by atoms with E-state index in [9.17, 15) is 4.39 Å². The number of ether oxygens (including phenoxy) is 1. The molecule has 0 aliphatic rings. The highest BCUT2D eigenvalue weighted by atomic mass is 79.9. The lowest BCUT2D eigenvalue weighted by Gasteiger charge is -2.05. The van der Waals surface area contributed by atoms with E-state index in [1.807, 2.05) is 6.92 Å². The molecule has 0 saturated carbocycles. The van der Waals surface area contributed by atoms with E-state index in [-0.39, 0.29) is 12.4 Å². The third-order valence-corrected chi connectivity index (χ3v) is 2.36. The van der Waals surface area contributed by atoms with Crippen molar-refractivity contribution < 1.29 is 9.13 Å². The van der Waals surface area contributed by atoms with Gasteiger partial charge in [-0.1, -0.05) is 15.9 Å². The fraction of sp³-hybridized carbons (Fsp3) is 0.222. The van der Waals surface area contributed by atoms with Crippen LogP contribution in [0.4, 0.5) is 4.39 Å². The Bertz CT molecular complexity index is 359. The van der Waals surface area contributed by atoms with Crippen LogP contribution in [0.1, 0.15) is 5.56 Å². The van der Waals surface area contributed by atoms with E-state index < -0.39 is 5.82 Å². The van der Waals surface area contributed by atoms with Gasteiger partial charge in [-0.15, -0.1) is 0 Å². The Kier molecular flexibility index (Phi) is 3.26. The van der Waals surface area contributed by atoms with Gasteiger partial charge in [0.1, 0.15) is 6.07 Å². The molecule has 0 fully saturated rings.